The van der Waals surface area contributed by atoms with Crippen molar-refractivity contribution in [3.8, 4) is 11.3 Å². The standard InChI is InChI=1S/C24H24N2O2S/c1-5-28-21(27)9-7-17-6-8-19-18(12-17)13-20-23(19)26-24(29-20)25-22-15(3)10-14(2)11-16(22)4/h6-12H,5,13H2,1-4H3,(H,25,26)/b9-7+. The molecule has 148 valence electrons. The van der Waals surface area contributed by atoms with Crippen LogP contribution in [0.1, 0.15) is 39.6 Å². The van der Waals surface area contributed by atoms with Gasteiger partial charge in [0.2, 0.25) is 0 Å². The molecule has 1 aliphatic carbocycles. The highest BCUT2D eigenvalue weighted by Gasteiger charge is 2.23. The van der Waals surface area contributed by atoms with Gasteiger partial charge in [0.25, 0.3) is 0 Å². The summed E-state index contributed by atoms with van der Waals surface area (Å²) in [5.74, 6) is -0.314. The van der Waals surface area contributed by atoms with Crippen LogP contribution in [0, 0.1) is 20.8 Å². The van der Waals surface area contributed by atoms with Crippen LogP contribution in [0.3, 0.4) is 0 Å². The minimum atomic E-state index is -0.314. The van der Waals surface area contributed by atoms with Crippen molar-refractivity contribution >= 4 is 34.2 Å². The number of fused-ring (bicyclic) bond motifs is 3. The van der Waals surface area contributed by atoms with Gasteiger partial charge in [-0.3, -0.25) is 0 Å². The third kappa shape index (κ3) is 3.96. The Labute approximate surface area is 175 Å². The predicted molar refractivity (Wildman–Crippen MR) is 120 cm³/mol. The van der Waals surface area contributed by atoms with Crippen molar-refractivity contribution in [2.24, 2.45) is 0 Å². The molecule has 4 nitrogen and oxygen atoms in total. The molecule has 0 aliphatic heterocycles. The molecule has 0 radical (unpaired) electrons. The molecule has 1 aromatic heterocycles. The molecule has 0 saturated heterocycles. The first-order valence-corrected chi connectivity index (χ1v) is 10.6. The third-order valence-corrected chi connectivity index (χ3v) is 6.01. The number of ether oxygens (including phenoxy) is 1. The van der Waals surface area contributed by atoms with E-state index in [0.717, 1.165) is 28.5 Å². The van der Waals surface area contributed by atoms with Gasteiger partial charge >= 0.3 is 5.97 Å². The van der Waals surface area contributed by atoms with E-state index in [4.69, 9.17) is 9.72 Å². The molecule has 0 saturated carbocycles. The second-order valence-electron chi connectivity index (χ2n) is 7.37. The molecule has 0 bridgehead atoms. The number of aromatic nitrogens is 1. The van der Waals surface area contributed by atoms with E-state index in [2.05, 4.69) is 50.4 Å². The fourth-order valence-corrected chi connectivity index (χ4v) is 4.85. The zero-order chi connectivity index (χ0) is 20.5. The van der Waals surface area contributed by atoms with E-state index >= 15 is 0 Å². The van der Waals surface area contributed by atoms with Crippen molar-refractivity contribution in [1.82, 2.24) is 4.98 Å². The number of carbonyl (C=O) groups excluding carboxylic acids is 1. The van der Waals surface area contributed by atoms with Crippen LogP contribution in [-0.2, 0) is 16.0 Å². The lowest BCUT2D eigenvalue weighted by atomic mass is 10.1. The molecule has 0 spiro atoms. The van der Waals surface area contributed by atoms with Gasteiger partial charge in [0, 0.05) is 28.6 Å². The van der Waals surface area contributed by atoms with E-state index in [1.165, 1.54) is 38.8 Å². The van der Waals surface area contributed by atoms with Crippen molar-refractivity contribution in [3.63, 3.8) is 0 Å². The topological polar surface area (TPSA) is 51.2 Å². The molecule has 29 heavy (non-hydrogen) atoms. The maximum Gasteiger partial charge on any atom is 0.330 e. The maximum atomic E-state index is 11.5. The predicted octanol–water partition coefficient (Wildman–Crippen LogP) is 5.96. The van der Waals surface area contributed by atoms with Crippen LogP contribution in [0.5, 0.6) is 0 Å². The van der Waals surface area contributed by atoms with Gasteiger partial charge in [0.15, 0.2) is 5.13 Å². The van der Waals surface area contributed by atoms with Crippen molar-refractivity contribution in [2.45, 2.75) is 34.1 Å². The number of thiazole rings is 1. The molecule has 1 N–H and O–H groups in total. The smallest absolute Gasteiger partial charge is 0.330 e. The normalized spacial score (nSPS) is 12.1. The van der Waals surface area contributed by atoms with E-state index in [1.54, 1.807) is 24.3 Å². The number of nitrogens with one attached hydrogen (secondary N) is 1. The van der Waals surface area contributed by atoms with Gasteiger partial charge in [0.1, 0.15) is 0 Å². The third-order valence-electron chi connectivity index (χ3n) is 5.04. The number of hydrogen-bond donors (Lipinski definition) is 1. The molecule has 0 amide bonds. The van der Waals surface area contributed by atoms with Crippen LogP contribution in [0.25, 0.3) is 17.3 Å². The molecular formula is C24H24N2O2S. The average molecular weight is 405 g/mol. The molecule has 1 heterocycles. The number of benzene rings is 2. The molecule has 0 atom stereocenters. The second kappa shape index (κ2) is 7.84. The molecule has 0 unspecified atom stereocenters. The Morgan fingerprint density at radius 1 is 1.21 bits per heavy atom. The second-order valence-corrected chi connectivity index (χ2v) is 8.45. The number of rotatable bonds is 5. The van der Waals surface area contributed by atoms with Crippen molar-refractivity contribution in [2.75, 3.05) is 11.9 Å². The van der Waals surface area contributed by atoms with Gasteiger partial charge in [-0.2, -0.15) is 0 Å². The SMILES string of the molecule is CCOC(=O)/C=C/c1ccc2c(c1)Cc1sc(Nc3c(C)cc(C)cc3C)nc1-2. The van der Waals surface area contributed by atoms with Crippen LogP contribution in [0.2, 0.25) is 0 Å². The molecule has 2 aromatic carbocycles. The van der Waals surface area contributed by atoms with Crippen LogP contribution < -0.4 is 5.32 Å². The zero-order valence-electron chi connectivity index (χ0n) is 17.1. The first kappa shape index (κ1) is 19.4. The highest BCUT2D eigenvalue weighted by Crippen LogP contribution is 2.42. The highest BCUT2D eigenvalue weighted by molar-refractivity contribution is 7.16. The summed E-state index contributed by atoms with van der Waals surface area (Å²) in [6.45, 7) is 8.57. The maximum absolute atomic E-state index is 11.5. The molecule has 4 rings (SSSR count). The summed E-state index contributed by atoms with van der Waals surface area (Å²) in [4.78, 5) is 17.7. The quantitative estimate of drug-likeness (QED) is 0.329. The first-order valence-electron chi connectivity index (χ1n) is 9.77. The van der Waals surface area contributed by atoms with E-state index < -0.39 is 0 Å². The Bertz CT molecular complexity index is 1100. The number of esters is 1. The van der Waals surface area contributed by atoms with Gasteiger partial charge in [-0.05, 0) is 56.0 Å². The summed E-state index contributed by atoms with van der Waals surface area (Å²) >= 11 is 1.71. The van der Waals surface area contributed by atoms with Gasteiger partial charge < -0.3 is 10.1 Å². The molecular weight excluding hydrogens is 380 g/mol. The minimum Gasteiger partial charge on any atom is -0.463 e. The van der Waals surface area contributed by atoms with Crippen molar-refractivity contribution in [1.29, 1.82) is 0 Å². The lowest BCUT2D eigenvalue weighted by Crippen LogP contribution is -1.98. The average Bonchev–Trinajstić information content (AvgIpc) is 3.20. The fraction of sp³-hybridized carbons (Fsp3) is 0.250. The minimum absolute atomic E-state index is 0.314. The summed E-state index contributed by atoms with van der Waals surface area (Å²) in [7, 11) is 0. The number of anilines is 2. The van der Waals surface area contributed by atoms with E-state index in [0.29, 0.717) is 6.61 Å². The Morgan fingerprint density at radius 2 is 1.97 bits per heavy atom. The van der Waals surface area contributed by atoms with E-state index in [9.17, 15) is 4.79 Å². The molecule has 3 aromatic rings. The van der Waals surface area contributed by atoms with Crippen LogP contribution in [0.15, 0.2) is 36.4 Å². The molecule has 1 aliphatic rings. The summed E-state index contributed by atoms with van der Waals surface area (Å²) in [6.07, 6.45) is 4.15. The molecule has 0 fully saturated rings. The van der Waals surface area contributed by atoms with Crippen molar-refractivity contribution < 1.29 is 9.53 Å². The Hall–Kier alpha value is -2.92. The zero-order valence-corrected chi connectivity index (χ0v) is 17.9. The van der Waals surface area contributed by atoms with Crippen LogP contribution >= 0.6 is 11.3 Å². The van der Waals surface area contributed by atoms with E-state index in [-0.39, 0.29) is 5.97 Å². The van der Waals surface area contributed by atoms with Crippen LogP contribution in [-0.4, -0.2) is 17.6 Å². The van der Waals surface area contributed by atoms with Crippen molar-refractivity contribution in [3.05, 3.63) is 69.1 Å². The Kier molecular flexibility index (Phi) is 5.24. The van der Waals surface area contributed by atoms with Gasteiger partial charge in [-0.1, -0.05) is 35.9 Å². The Morgan fingerprint density at radius 3 is 2.69 bits per heavy atom. The number of carbonyl (C=O) groups is 1. The summed E-state index contributed by atoms with van der Waals surface area (Å²) in [6, 6.07) is 10.6. The lowest BCUT2D eigenvalue weighted by Gasteiger charge is -2.12. The van der Waals surface area contributed by atoms with Gasteiger partial charge in [0.05, 0.1) is 12.3 Å². The largest absolute Gasteiger partial charge is 0.463 e. The van der Waals surface area contributed by atoms with Gasteiger partial charge in [-0.25, -0.2) is 9.78 Å². The van der Waals surface area contributed by atoms with Crippen LogP contribution in [0.4, 0.5) is 10.8 Å². The number of nitrogens with zero attached hydrogens (tertiary/aromatic N) is 1. The lowest BCUT2D eigenvalue weighted by molar-refractivity contribution is -0.137. The fourth-order valence-electron chi connectivity index (χ4n) is 3.84. The van der Waals surface area contributed by atoms with E-state index in [1.807, 2.05) is 6.07 Å². The number of hydrogen-bond acceptors (Lipinski definition) is 5. The number of aryl methyl sites for hydroxylation is 3. The summed E-state index contributed by atoms with van der Waals surface area (Å²) < 4.78 is 4.94. The monoisotopic (exact) mass is 404 g/mol. The molecule has 5 heteroatoms. The van der Waals surface area contributed by atoms with Gasteiger partial charge in [-0.15, -0.1) is 11.3 Å². The summed E-state index contributed by atoms with van der Waals surface area (Å²) in [5.41, 5.74) is 9.37. The highest BCUT2D eigenvalue weighted by atomic mass is 32.1. The summed E-state index contributed by atoms with van der Waals surface area (Å²) in [5, 5.41) is 4.46. The Balaban J connectivity index is 1.56. The first-order chi connectivity index (χ1) is 13.9.